The van der Waals surface area contributed by atoms with Crippen LogP contribution in [0.2, 0.25) is 0 Å². The number of carboxylic acids is 1. The van der Waals surface area contributed by atoms with Crippen LogP contribution in [0.25, 0.3) is 28.0 Å². The largest absolute Gasteiger partial charge is 0.481 e. The zero-order chi connectivity index (χ0) is 23.2. The first-order chi connectivity index (χ1) is 16.1. The number of benzene rings is 1. The summed E-state index contributed by atoms with van der Waals surface area (Å²) in [5.41, 5.74) is 3.85. The maximum atomic E-state index is 10.8. The highest BCUT2D eigenvalue weighted by Gasteiger charge is 2.26. The lowest BCUT2D eigenvalue weighted by atomic mass is 9.84. The number of rotatable bonds is 10. The molecule has 174 valence electrons. The summed E-state index contributed by atoms with van der Waals surface area (Å²) in [7, 11) is 0. The second-order valence-corrected chi connectivity index (χ2v) is 8.88. The second-order valence-electron chi connectivity index (χ2n) is 8.88. The summed E-state index contributed by atoms with van der Waals surface area (Å²) < 4.78 is 12.6. The Balaban J connectivity index is 1.70. The van der Waals surface area contributed by atoms with Crippen LogP contribution < -0.4 is 4.74 Å². The molecule has 1 aromatic carbocycles. The molecule has 2 unspecified atom stereocenters. The molecule has 2 atom stereocenters. The van der Waals surface area contributed by atoms with Gasteiger partial charge >= 0.3 is 5.97 Å². The van der Waals surface area contributed by atoms with E-state index in [2.05, 4.69) is 35.1 Å². The first-order valence-electron chi connectivity index (χ1n) is 12.0. The predicted molar refractivity (Wildman–Crippen MR) is 129 cm³/mol. The van der Waals surface area contributed by atoms with Crippen molar-refractivity contribution in [3.63, 3.8) is 0 Å². The topological polar surface area (TPSA) is 85.5 Å². The Bertz CT molecular complexity index is 1120. The van der Waals surface area contributed by atoms with E-state index in [9.17, 15) is 4.79 Å². The van der Waals surface area contributed by atoms with Gasteiger partial charge < -0.3 is 14.3 Å². The quantitative estimate of drug-likeness (QED) is 0.340. The van der Waals surface area contributed by atoms with Gasteiger partial charge in [-0.25, -0.2) is 9.97 Å². The molecule has 1 N–H and O–H groups in total. The molecule has 6 heteroatoms. The van der Waals surface area contributed by atoms with Crippen molar-refractivity contribution in [3.05, 3.63) is 48.3 Å². The lowest BCUT2D eigenvalue weighted by Gasteiger charge is -2.21. The number of allylic oxidation sites excluding steroid dienone is 2. The number of unbranched alkanes of at least 4 members (excludes halogenated alkanes) is 1. The molecule has 4 rings (SSSR count). The molecule has 1 aliphatic rings. The average molecular weight is 449 g/mol. The van der Waals surface area contributed by atoms with Crippen LogP contribution >= 0.6 is 0 Å². The maximum Gasteiger partial charge on any atom is 0.303 e. The molecule has 0 amide bonds. The summed E-state index contributed by atoms with van der Waals surface area (Å²) in [5, 5.41) is 9.68. The molecule has 2 aromatic heterocycles. The molecular formula is C27H32N2O4. The summed E-state index contributed by atoms with van der Waals surface area (Å²) in [5.74, 6) is 1.31. The van der Waals surface area contributed by atoms with E-state index >= 15 is 0 Å². The Kier molecular flexibility index (Phi) is 7.43. The number of nitrogens with zero attached hydrogens (tertiary/aromatic N) is 2. The molecule has 33 heavy (non-hydrogen) atoms. The fourth-order valence-electron chi connectivity index (χ4n) is 4.54. The lowest BCUT2D eigenvalue weighted by molar-refractivity contribution is -0.137. The highest BCUT2D eigenvalue weighted by Crippen LogP contribution is 2.44. The summed E-state index contributed by atoms with van der Waals surface area (Å²) in [4.78, 5) is 19.7. The first kappa shape index (κ1) is 23.0. The molecule has 6 nitrogen and oxygen atoms in total. The molecule has 0 spiro atoms. The van der Waals surface area contributed by atoms with Crippen LogP contribution in [0.1, 0.15) is 70.8 Å². The number of hydrogen-bond acceptors (Lipinski definition) is 5. The van der Waals surface area contributed by atoms with Gasteiger partial charge in [-0.2, -0.15) is 0 Å². The summed E-state index contributed by atoms with van der Waals surface area (Å²) in [6.07, 6.45) is 10.5. The normalized spacial score (nSPS) is 17.0. The van der Waals surface area contributed by atoms with Crippen LogP contribution in [-0.2, 0) is 4.79 Å². The van der Waals surface area contributed by atoms with Gasteiger partial charge in [0, 0.05) is 17.5 Å². The van der Waals surface area contributed by atoms with Gasteiger partial charge in [-0.3, -0.25) is 4.79 Å². The van der Waals surface area contributed by atoms with Crippen molar-refractivity contribution < 1.29 is 19.1 Å². The maximum absolute atomic E-state index is 10.8. The van der Waals surface area contributed by atoms with E-state index in [4.69, 9.17) is 14.3 Å². The number of fused-ring (bicyclic) bond motifs is 1. The van der Waals surface area contributed by atoms with Crippen molar-refractivity contribution in [2.75, 3.05) is 0 Å². The predicted octanol–water partition coefficient (Wildman–Crippen LogP) is 6.90. The third kappa shape index (κ3) is 5.44. The molecule has 0 aliphatic heterocycles. The lowest BCUT2D eigenvalue weighted by Crippen LogP contribution is -2.13. The number of furan rings is 1. The fourth-order valence-corrected chi connectivity index (χ4v) is 4.54. The molecule has 0 radical (unpaired) electrons. The second kappa shape index (κ2) is 10.6. The van der Waals surface area contributed by atoms with E-state index in [-0.39, 0.29) is 12.5 Å². The van der Waals surface area contributed by atoms with Crippen molar-refractivity contribution in [3.8, 4) is 17.2 Å². The zero-order valence-electron chi connectivity index (χ0n) is 19.4. The Morgan fingerprint density at radius 1 is 1.24 bits per heavy atom. The minimum Gasteiger partial charge on any atom is -0.481 e. The average Bonchev–Trinajstić information content (AvgIpc) is 3.23. The van der Waals surface area contributed by atoms with Crippen molar-refractivity contribution in [1.82, 2.24) is 9.97 Å². The third-order valence-corrected chi connectivity index (χ3v) is 6.47. The molecule has 0 saturated carbocycles. The number of aliphatic carboxylic acids is 1. The molecule has 3 aromatic rings. The molecule has 1 aliphatic carbocycles. The van der Waals surface area contributed by atoms with Crippen LogP contribution in [0.4, 0.5) is 0 Å². The standard InChI is InChI=1S/C27H32N2O4/c1-3-19-13-15-20(16-14-19)23-24-26(32-18(2)9-7-8-12-22(30)31)28-17-29-27(24)33-25(23)21-10-5-4-6-11-21/h4-6,10-11,15,17-19H,3,7-9,12-14,16H2,1-2H3,(H,30,31). The SMILES string of the molecule is CCC1CC=C(c2c(-c3ccccc3)oc3ncnc(OC(C)CCCCC(=O)O)c23)CC1. The Morgan fingerprint density at radius 2 is 2.06 bits per heavy atom. The Morgan fingerprint density at radius 3 is 2.76 bits per heavy atom. The van der Waals surface area contributed by atoms with Gasteiger partial charge in [-0.15, -0.1) is 0 Å². The van der Waals surface area contributed by atoms with Gasteiger partial charge in [0.15, 0.2) is 0 Å². The number of carboxylic acid groups (broad SMARTS) is 1. The van der Waals surface area contributed by atoms with Gasteiger partial charge in [0.25, 0.3) is 0 Å². The van der Waals surface area contributed by atoms with E-state index in [0.717, 1.165) is 60.3 Å². The molecule has 0 fully saturated rings. The summed E-state index contributed by atoms with van der Waals surface area (Å²) in [6, 6.07) is 10.1. The number of carbonyl (C=O) groups is 1. The molecular weight excluding hydrogens is 416 g/mol. The summed E-state index contributed by atoms with van der Waals surface area (Å²) >= 11 is 0. The molecule has 2 heterocycles. The minimum absolute atomic E-state index is 0.0929. The van der Waals surface area contributed by atoms with Gasteiger partial charge in [0.1, 0.15) is 17.5 Å². The van der Waals surface area contributed by atoms with Crippen molar-refractivity contribution in [1.29, 1.82) is 0 Å². The third-order valence-electron chi connectivity index (χ3n) is 6.47. The van der Waals surface area contributed by atoms with Gasteiger partial charge in [-0.05, 0) is 56.9 Å². The smallest absolute Gasteiger partial charge is 0.303 e. The fraction of sp³-hybridized carbons (Fsp3) is 0.444. The van der Waals surface area contributed by atoms with E-state index in [1.54, 1.807) is 0 Å². The van der Waals surface area contributed by atoms with Gasteiger partial charge in [0.05, 0.1) is 6.10 Å². The van der Waals surface area contributed by atoms with Crippen molar-refractivity contribution in [2.24, 2.45) is 5.92 Å². The van der Waals surface area contributed by atoms with Crippen LogP contribution in [0.15, 0.2) is 47.2 Å². The summed E-state index contributed by atoms with van der Waals surface area (Å²) in [6.45, 7) is 4.25. The van der Waals surface area contributed by atoms with Crippen LogP contribution in [0.5, 0.6) is 5.88 Å². The van der Waals surface area contributed by atoms with Crippen LogP contribution in [0.3, 0.4) is 0 Å². The van der Waals surface area contributed by atoms with Gasteiger partial charge in [-0.1, -0.05) is 49.8 Å². The number of aromatic nitrogens is 2. The highest BCUT2D eigenvalue weighted by molar-refractivity contribution is 5.99. The van der Waals surface area contributed by atoms with E-state index in [1.807, 2.05) is 25.1 Å². The van der Waals surface area contributed by atoms with E-state index < -0.39 is 5.97 Å². The monoisotopic (exact) mass is 448 g/mol. The van der Waals surface area contributed by atoms with Crippen LogP contribution in [0, 0.1) is 5.92 Å². The van der Waals surface area contributed by atoms with Crippen LogP contribution in [-0.4, -0.2) is 27.1 Å². The van der Waals surface area contributed by atoms with Gasteiger partial charge in [0.2, 0.25) is 11.6 Å². The van der Waals surface area contributed by atoms with E-state index in [1.165, 1.54) is 18.3 Å². The van der Waals surface area contributed by atoms with E-state index in [0.29, 0.717) is 18.0 Å². The number of hydrogen-bond donors (Lipinski definition) is 1. The highest BCUT2D eigenvalue weighted by atomic mass is 16.5. The minimum atomic E-state index is -0.761. The zero-order valence-corrected chi connectivity index (χ0v) is 19.4. The Hall–Kier alpha value is -3.15. The van der Waals surface area contributed by atoms with Crippen molar-refractivity contribution in [2.45, 2.75) is 71.3 Å². The van der Waals surface area contributed by atoms with Crippen molar-refractivity contribution >= 4 is 22.6 Å². The first-order valence-corrected chi connectivity index (χ1v) is 12.0. The Labute approximate surface area is 194 Å². The molecule has 0 bridgehead atoms. The number of ether oxygens (including phenoxy) is 1. The molecule has 0 saturated heterocycles.